The van der Waals surface area contributed by atoms with Crippen LogP contribution in [0.2, 0.25) is 0 Å². The van der Waals surface area contributed by atoms with Crippen LogP contribution in [0.3, 0.4) is 0 Å². The highest BCUT2D eigenvalue weighted by Gasteiger charge is 2.15. The highest BCUT2D eigenvalue weighted by molar-refractivity contribution is 7.12. The fourth-order valence-corrected chi connectivity index (χ4v) is 4.24. The van der Waals surface area contributed by atoms with Crippen LogP contribution in [0.5, 0.6) is 5.75 Å². The summed E-state index contributed by atoms with van der Waals surface area (Å²) in [6.07, 6.45) is 4.91. The SMILES string of the molecule is COc1ccccc1CC(C)NCc1cc2c(s1)CCC2. The summed E-state index contributed by atoms with van der Waals surface area (Å²) in [5, 5.41) is 3.64. The molecule has 3 heteroatoms. The van der Waals surface area contributed by atoms with Gasteiger partial charge in [0.1, 0.15) is 5.75 Å². The van der Waals surface area contributed by atoms with Crippen LogP contribution in [0, 0.1) is 0 Å². The van der Waals surface area contributed by atoms with Gasteiger partial charge in [-0.05, 0) is 55.9 Å². The molecule has 112 valence electrons. The third-order valence-electron chi connectivity index (χ3n) is 4.14. The third kappa shape index (κ3) is 3.47. The molecule has 0 spiro atoms. The van der Waals surface area contributed by atoms with Crippen LogP contribution in [-0.2, 0) is 25.8 Å². The molecule has 1 aliphatic rings. The molecule has 1 unspecified atom stereocenters. The highest BCUT2D eigenvalue weighted by Crippen LogP contribution is 2.30. The Balaban J connectivity index is 1.55. The van der Waals surface area contributed by atoms with Crippen molar-refractivity contribution >= 4 is 11.3 Å². The summed E-state index contributed by atoms with van der Waals surface area (Å²) in [5.41, 5.74) is 2.86. The van der Waals surface area contributed by atoms with E-state index in [1.807, 2.05) is 23.5 Å². The second kappa shape index (κ2) is 6.63. The van der Waals surface area contributed by atoms with Crippen LogP contribution in [0.25, 0.3) is 0 Å². The lowest BCUT2D eigenvalue weighted by Crippen LogP contribution is -2.27. The Labute approximate surface area is 131 Å². The lowest BCUT2D eigenvalue weighted by molar-refractivity contribution is 0.406. The summed E-state index contributed by atoms with van der Waals surface area (Å²) >= 11 is 1.99. The van der Waals surface area contributed by atoms with Gasteiger partial charge in [0.05, 0.1) is 7.11 Å². The maximum atomic E-state index is 5.42. The lowest BCUT2D eigenvalue weighted by atomic mass is 10.1. The Kier molecular flexibility index (Phi) is 4.61. The predicted molar refractivity (Wildman–Crippen MR) is 89.3 cm³/mol. The number of ether oxygens (including phenoxy) is 1. The molecule has 1 aromatic carbocycles. The van der Waals surface area contributed by atoms with Crippen molar-refractivity contribution in [1.82, 2.24) is 5.32 Å². The van der Waals surface area contributed by atoms with E-state index in [0.29, 0.717) is 6.04 Å². The largest absolute Gasteiger partial charge is 0.496 e. The standard InChI is InChI=1S/C18H23NOS/c1-13(10-14-6-3-4-8-17(14)20-2)19-12-16-11-15-7-5-9-18(15)21-16/h3-4,6,8,11,13,19H,5,7,9-10,12H2,1-2H3. The van der Waals surface area contributed by atoms with Gasteiger partial charge in [0, 0.05) is 22.3 Å². The first-order chi connectivity index (χ1) is 10.3. The molecule has 2 nitrogen and oxygen atoms in total. The summed E-state index contributed by atoms with van der Waals surface area (Å²) in [4.78, 5) is 3.09. The third-order valence-corrected chi connectivity index (χ3v) is 5.38. The minimum Gasteiger partial charge on any atom is -0.496 e. The van der Waals surface area contributed by atoms with Crippen molar-refractivity contribution in [3.63, 3.8) is 0 Å². The Morgan fingerprint density at radius 1 is 1.29 bits per heavy atom. The number of para-hydroxylation sites is 1. The average Bonchev–Trinajstić information content (AvgIpc) is 3.07. The molecule has 0 bridgehead atoms. The number of methoxy groups -OCH3 is 1. The molecule has 0 fully saturated rings. The minimum atomic E-state index is 0.443. The molecule has 0 saturated carbocycles. The van der Waals surface area contributed by atoms with E-state index in [-0.39, 0.29) is 0 Å². The van der Waals surface area contributed by atoms with Crippen molar-refractivity contribution in [3.8, 4) is 5.75 Å². The molecule has 0 amide bonds. The molecule has 0 aliphatic heterocycles. The normalized spacial score (nSPS) is 15.0. The van der Waals surface area contributed by atoms with Gasteiger partial charge in [-0.25, -0.2) is 0 Å². The van der Waals surface area contributed by atoms with Crippen molar-refractivity contribution < 1.29 is 4.74 Å². The monoisotopic (exact) mass is 301 g/mol. The topological polar surface area (TPSA) is 21.3 Å². The van der Waals surface area contributed by atoms with Crippen molar-refractivity contribution in [2.45, 2.75) is 45.2 Å². The van der Waals surface area contributed by atoms with Gasteiger partial charge in [0.15, 0.2) is 0 Å². The first-order valence-electron chi connectivity index (χ1n) is 7.72. The number of hydrogen-bond acceptors (Lipinski definition) is 3. The van der Waals surface area contributed by atoms with Crippen LogP contribution < -0.4 is 10.1 Å². The Morgan fingerprint density at radius 2 is 2.14 bits per heavy atom. The Bertz CT molecular complexity index is 584. The molecule has 1 N–H and O–H groups in total. The number of rotatable bonds is 6. The molecule has 2 aromatic rings. The fraction of sp³-hybridized carbons (Fsp3) is 0.444. The zero-order valence-corrected chi connectivity index (χ0v) is 13.6. The van der Waals surface area contributed by atoms with Crippen LogP contribution in [0.4, 0.5) is 0 Å². The van der Waals surface area contributed by atoms with Crippen molar-refractivity contribution in [2.75, 3.05) is 7.11 Å². The second-order valence-corrected chi connectivity index (χ2v) is 7.03. The van der Waals surface area contributed by atoms with Crippen LogP contribution in [0.1, 0.15) is 34.2 Å². The first-order valence-corrected chi connectivity index (χ1v) is 8.53. The van der Waals surface area contributed by atoms with Gasteiger partial charge in [-0.1, -0.05) is 18.2 Å². The zero-order chi connectivity index (χ0) is 14.7. The molecule has 0 saturated heterocycles. The summed E-state index contributed by atoms with van der Waals surface area (Å²) < 4.78 is 5.42. The Morgan fingerprint density at radius 3 is 2.95 bits per heavy atom. The average molecular weight is 301 g/mol. The van der Waals surface area contributed by atoms with Gasteiger partial charge in [0.25, 0.3) is 0 Å². The van der Waals surface area contributed by atoms with E-state index < -0.39 is 0 Å². The number of nitrogens with one attached hydrogen (secondary N) is 1. The predicted octanol–water partition coefficient (Wildman–Crippen LogP) is 3.97. The van der Waals surface area contributed by atoms with E-state index in [1.54, 1.807) is 17.6 Å². The fourth-order valence-electron chi connectivity index (χ4n) is 3.03. The van der Waals surface area contributed by atoms with E-state index in [9.17, 15) is 0 Å². The van der Waals surface area contributed by atoms with Crippen molar-refractivity contribution in [1.29, 1.82) is 0 Å². The Hall–Kier alpha value is -1.32. The van der Waals surface area contributed by atoms with Gasteiger partial charge in [-0.2, -0.15) is 0 Å². The number of fused-ring (bicyclic) bond motifs is 1. The summed E-state index contributed by atoms with van der Waals surface area (Å²) in [7, 11) is 1.74. The summed E-state index contributed by atoms with van der Waals surface area (Å²) in [6, 6.07) is 11.1. The van der Waals surface area contributed by atoms with Crippen LogP contribution in [-0.4, -0.2) is 13.2 Å². The maximum Gasteiger partial charge on any atom is 0.122 e. The molecular formula is C18H23NOS. The second-order valence-electron chi connectivity index (χ2n) is 5.81. The minimum absolute atomic E-state index is 0.443. The quantitative estimate of drug-likeness (QED) is 0.872. The lowest BCUT2D eigenvalue weighted by Gasteiger charge is -2.15. The molecule has 3 rings (SSSR count). The van der Waals surface area contributed by atoms with Gasteiger partial charge >= 0.3 is 0 Å². The highest BCUT2D eigenvalue weighted by atomic mass is 32.1. The molecule has 1 atom stereocenters. The maximum absolute atomic E-state index is 5.42. The van der Waals surface area contributed by atoms with E-state index in [2.05, 4.69) is 30.4 Å². The van der Waals surface area contributed by atoms with Crippen molar-refractivity contribution in [2.24, 2.45) is 0 Å². The van der Waals surface area contributed by atoms with Crippen LogP contribution >= 0.6 is 11.3 Å². The summed E-state index contributed by atoms with van der Waals surface area (Å²) in [6.45, 7) is 3.22. The van der Waals surface area contributed by atoms with Gasteiger partial charge in [-0.3, -0.25) is 0 Å². The number of aryl methyl sites for hydroxylation is 2. The van der Waals surface area contributed by atoms with E-state index >= 15 is 0 Å². The number of benzene rings is 1. The van der Waals surface area contributed by atoms with Crippen molar-refractivity contribution in [3.05, 3.63) is 51.2 Å². The van der Waals surface area contributed by atoms with E-state index in [1.165, 1.54) is 29.7 Å². The molecule has 21 heavy (non-hydrogen) atoms. The molecule has 1 aromatic heterocycles. The van der Waals surface area contributed by atoms with Gasteiger partial charge in [-0.15, -0.1) is 11.3 Å². The molecule has 1 heterocycles. The van der Waals surface area contributed by atoms with Gasteiger partial charge < -0.3 is 10.1 Å². The van der Waals surface area contributed by atoms with E-state index in [4.69, 9.17) is 4.74 Å². The first kappa shape index (κ1) is 14.6. The zero-order valence-electron chi connectivity index (χ0n) is 12.8. The van der Waals surface area contributed by atoms with E-state index in [0.717, 1.165) is 18.7 Å². The van der Waals surface area contributed by atoms with Crippen LogP contribution in [0.15, 0.2) is 30.3 Å². The van der Waals surface area contributed by atoms with Gasteiger partial charge in [0.2, 0.25) is 0 Å². The molecular weight excluding hydrogens is 278 g/mol. The molecule has 0 radical (unpaired) electrons. The molecule has 1 aliphatic carbocycles. The smallest absolute Gasteiger partial charge is 0.122 e. The number of thiophene rings is 1. The summed E-state index contributed by atoms with van der Waals surface area (Å²) in [5.74, 6) is 0.987. The number of hydrogen-bond donors (Lipinski definition) is 1.